The topological polar surface area (TPSA) is 38.7 Å². The molecule has 0 radical (unpaired) electrons. The lowest BCUT2D eigenvalue weighted by molar-refractivity contribution is -0.125. The van der Waals surface area contributed by atoms with E-state index >= 15 is 0 Å². The molecule has 0 amide bonds. The van der Waals surface area contributed by atoms with Gasteiger partial charge in [-0.1, -0.05) is 35.5 Å². The zero-order chi connectivity index (χ0) is 11.4. The maximum Gasteiger partial charge on any atom is 0.195 e. The summed E-state index contributed by atoms with van der Waals surface area (Å²) in [5.41, 5.74) is 0.494. The molecule has 84 valence electrons. The van der Waals surface area contributed by atoms with E-state index in [0.29, 0.717) is 6.42 Å². The highest BCUT2D eigenvalue weighted by Gasteiger charge is 2.33. The Morgan fingerprint density at radius 2 is 2.25 bits per heavy atom. The minimum atomic E-state index is -0.751. The van der Waals surface area contributed by atoms with Crippen molar-refractivity contribution in [2.24, 2.45) is 5.16 Å². The highest BCUT2D eigenvalue weighted by atomic mass is 32.2. The Labute approximate surface area is 98.9 Å². The number of nitrogens with zero attached hydrogens (tertiary/aromatic N) is 1. The second-order valence-electron chi connectivity index (χ2n) is 3.96. The van der Waals surface area contributed by atoms with Gasteiger partial charge in [-0.15, -0.1) is 11.8 Å². The van der Waals surface area contributed by atoms with Crippen molar-refractivity contribution in [3.63, 3.8) is 0 Å². The Hall–Kier alpha value is -1.29. The van der Waals surface area contributed by atoms with E-state index in [0.717, 1.165) is 17.1 Å². The first kappa shape index (κ1) is 11.2. The number of oxime groups is 1. The molecule has 1 aliphatic heterocycles. The van der Waals surface area contributed by atoms with Crippen molar-refractivity contribution in [1.82, 2.24) is 0 Å². The van der Waals surface area contributed by atoms with Gasteiger partial charge >= 0.3 is 0 Å². The predicted octanol–water partition coefficient (Wildman–Crippen LogP) is 2.61. The lowest BCUT2D eigenvalue weighted by Crippen LogP contribution is -2.25. The molecule has 1 heterocycles. The number of carbonyl (C=O) groups is 1. The third-order valence-electron chi connectivity index (χ3n) is 2.36. The zero-order valence-electron chi connectivity index (χ0n) is 9.05. The summed E-state index contributed by atoms with van der Waals surface area (Å²) in [7, 11) is 0. The summed E-state index contributed by atoms with van der Waals surface area (Å²) < 4.78 is 0. The summed E-state index contributed by atoms with van der Waals surface area (Å²) in [5, 5.41) is 4.81. The molecule has 1 aliphatic rings. The van der Waals surface area contributed by atoms with E-state index in [2.05, 4.69) is 17.3 Å². The minimum absolute atomic E-state index is 0.577. The molecule has 0 aromatic heterocycles. The van der Waals surface area contributed by atoms with Crippen molar-refractivity contribution in [2.75, 3.05) is 0 Å². The fourth-order valence-corrected chi connectivity index (χ4v) is 2.41. The molecule has 0 N–H and O–H groups in total. The van der Waals surface area contributed by atoms with Crippen LogP contribution in [0.25, 0.3) is 0 Å². The van der Waals surface area contributed by atoms with Crippen LogP contribution in [0.4, 0.5) is 0 Å². The van der Waals surface area contributed by atoms with E-state index in [4.69, 9.17) is 4.84 Å². The molecule has 0 spiro atoms. The first-order valence-electron chi connectivity index (χ1n) is 5.10. The Balaban J connectivity index is 1.87. The van der Waals surface area contributed by atoms with Crippen LogP contribution in [0.2, 0.25) is 0 Å². The van der Waals surface area contributed by atoms with Crippen LogP contribution in [0, 0.1) is 0 Å². The molecule has 4 heteroatoms. The molecule has 0 saturated carbocycles. The predicted molar refractivity (Wildman–Crippen MR) is 65.3 cm³/mol. The van der Waals surface area contributed by atoms with Crippen LogP contribution >= 0.6 is 11.8 Å². The Kier molecular flexibility index (Phi) is 3.29. The number of hydrogen-bond acceptors (Lipinski definition) is 4. The fraction of sp³-hybridized carbons (Fsp3) is 0.333. The molecule has 0 saturated heterocycles. The van der Waals surface area contributed by atoms with E-state index in [9.17, 15) is 4.79 Å². The van der Waals surface area contributed by atoms with Crippen LogP contribution in [0.3, 0.4) is 0 Å². The summed E-state index contributed by atoms with van der Waals surface area (Å²) >= 11 is 1.62. The number of thioether (sulfide) groups is 1. The maximum absolute atomic E-state index is 10.7. The molecule has 1 unspecified atom stereocenters. The number of carbonyl (C=O) groups excluding carboxylic acids is 1. The largest absolute Gasteiger partial charge is 0.381 e. The average Bonchev–Trinajstić information content (AvgIpc) is 2.71. The van der Waals surface area contributed by atoms with Gasteiger partial charge in [-0.3, -0.25) is 4.79 Å². The fourth-order valence-electron chi connectivity index (χ4n) is 1.40. The van der Waals surface area contributed by atoms with Gasteiger partial charge in [-0.25, -0.2) is 0 Å². The number of hydrogen-bond donors (Lipinski definition) is 0. The van der Waals surface area contributed by atoms with E-state index < -0.39 is 5.60 Å². The van der Waals surface area contributed by atoms with Crippen LogP contribution in [0.5, 0.6) is 0 Å². The Morgan fingerprint density at radius 3 is 2.88 bits per heavy atom. The van der Waals surface area contributed by atoms with Crippen LogP contribution in [0.15, 0.2) is 35.5 Å². The molecule has 0 bridgehead atoms. The second-order valence-corrected chi connectivity index (χ2v) is 5.01. The van der Waals surface area contributed by atoms with Gasteiger partial charge in [0.2, 0.25) is 0 Å². The summed E-state index contributed by atoms with van der Waals surface area (Å²) in [5.74, 6) is 0.859. The van der Waals surface area contributed by atoms with Gasteiger partial charge in [0.05, 0.1) is 0 Å². The van der Waals surface area contributed by atoms with Crippen LogP contribution in [-0.4, -0.2) is 16.9 Å². The molecule has 3 nitrogen and oxygen atoms in total. The third-order valence-corrected chi connectivity index (χ3v) is 3.39. The van der Waals surface area contributed by atoms with Crippen molar-refractivity contribution >= 4 is 23.1 Å². The zero-order valence-corrected chi connectivity index (χ0v) is 9.87. The van der Waals surface area contributed by atoms with Crippen LogP contribution in [-0.2, 0) is 15.4 Å². The molecular weight excluding hydrogens is 222 g/mol. The number of aldehydes is 1. The average molecular weight is 235 g/mol. The maximum atomic E-state index is 10.7. The lowest BCUT2D eigenvalue weighted by Gasteiger charge is -2.11. The number of rotatable bonds is 3. The van der Waals surface area contributed by atoms with Crippen molar-refractivity contribution in [2.45, 2.75) is 24.7 Å². The molecule has 1 atom stereocenters. The summed E-state index contributed by atoms with van der Waals surface area (Å²) in [6, 6.07) is 10.2. The Bertz CT molecular complexity index is 405. The molecule has 1 aromatic carbocycles. The van der Waals surface area contributed by atoms with Gasteiger partial charge < -0.3 is 4.84 Å². The van der Waals surface area contributed by atoms with Crippen molar-refractivity contribution in [3.8, 4) is 0 Å². The van der Waals surface area contributed by atoms with Gasteiger partial charge in [0.15, 0.2) is 11.9 Å². The number of benzene rings is 1. The van der Waals surface area contributed by atoms with E-state index in [-0.39, 0.29) is 0 Å². The van der Waals surface area contributed by atoms with Gasteiger partial charge in [0.25, 0.3) is 0 Å². The highest BCUT2D eigenvalue weighted by molar-refractivity contribution is 8.13. The standard InChI is InChI=1S/C12H13NO2S/c1-12(9-14)7-11(13-15-12)16-8-10-5-3-2-4-6-10/h2-6,9H,7-8H2,1H3. The van der Waals surface area contributed by atoms with E-state index in [1.54, 1.807) is 18.7 Å². The van der Waals surface area contributed by atoms with Crippen molar-refractivity contribution < 1.29 is 9.63 Å². The van der Waals surface area contributed by atoms with Gasteiger partial charge in [-0.2, -0.15) is 0 Å². The van der Waals surface area contributed by atoms with Crippen LogP contribution < -0.4 is 0 Å². The molecule has 1 aromatic rings. The van der Waals surface area contributed by atoms with E-state index in [1.807, 2.05) is 18.2 Å². The summed E-state index contributed by atoms with van der Waals surface area (Å²) in [4.78, 5) is 15.8. The first-order valence-corrected chi connectivity index (χ1v) is 6.08. The highest BCUT2D eigenvalue weighted by Crippen LogP contribution is 2.28. The smallest absolute Gasteiger partial charge is 0.195 e. The Morgan fingerprint density at radius 1 is 1.50 bits per heavy atom. The van der Waals surface area contributed by atoms with Gasteiger partial charge in [-0.05, 0) is 12.5 Å². The van der Waals surface area contributed by atoms with E-state index in [1.165, 1.54) is 5.56 Å². The first-order chi connectivity index (χ1) is 7.72. The lowest BCUT2D eigenvalue weighted by atomic mass is 10.1. The molecule has 0 fully saturated rings. The van der Waals surface area contributed by atoms with Gasteiger partial charge in [0.1, 0.15) is 5.04 Å². The van der Waals surface area contributed by atoms with Gasteiger partial charge in [0, 0.05) is 12.2 Å². The molecular formula is C12H13NO2S. The summed E-state index contributed by atoms with van der Waals surface area (Å²) in [6.07, 6.45) is 1.39. The SMILES string of the molecule is CC1(C=O)CC(SCc2ccccc2)=NO1. The second kappa shape index (κ2) is 4.70. The van der Waals surface area contributed by atoms with Crippen molar-refractivity contribution in [3.05, 3.63) is 35.9 Å². The molecule has 0 aliphatic carbocycles. The normalized spacial score (nSPS) is 23.7. The minimum Gasteiger partial charge on any atom is -0.381 e. The molecule has 2 rings (SSSR count). The molecule has 16 heavy (non-hydrogen) atoms. The van der Waals surface area contributed by atoms with Crippen molar-refractivity contribution in [1.29, 1.82) is 0 Å². The monoisotopic (exact) mass is 235 g/mol. The third kappa shape index (κ3) is 2.64. The van der Waals surface area contributed by atoms with Crippen LogP contribution in [0.1, 0.15) is 18.9 Å². The summed E-state index contributed by atoms with van der Waals surface area (Å²) in [6.45, 7) is 1.75. The quantitative estimate of drug-likeness (QED) is 0.756.